The molecule has 1 aromatic rings. The molecule has 0 amide bonds. The van der Waals surface area contributed by atoms with Crippen LogP contribution in [-0.2, 0) is 6.54 Å². The lowest BCUT2D eigenvalue weighted by atomic mass is 10.2. The number of hydrogen-bond donors (Lipinski definition) is 1. The number of aryl methyl sites for hydroxylation is 1. The summed E-state index contributed by atoms with van der Waals surface area (Å²) in [5, 5.41) is 0. The van der Waals surface area contributed by atoms with Crippen molar-refractivity contribution in [1.29, 1.82) is 0 Å². The molecule has 0 radical (unpaired) electrons. The molecule has 86 valence electrons. The van der Waals surface area contributed by atoms with Gasteiger partial charge in [0.1, 0.15) is 0 Å². The Hall–Kier alpha value is -0.870. The van der Waals surface area contributed by atoms with Gasteiger partial charge in [-0.1, -0.05) is 0 Å². The van der Waals surface area contributed by atoms with Crippen molar-refractivity contribution in [2.45, 2.75) is 32.4 Å². The molecule has 4 nitrogen and oxygen atoms in total. The van der Waals surface area contributed by atoms with Gasteiger partial charge < -0.3 is 15.2 Å². The van der Waals surface area contributed by atoms with Gasteiger partial charge in [-0.15, -0.1) is 0 Å². The number of imidazole rings is 1. The Labute approximate surface area is 92.1 Å². The number of rotatable bonds is 6. The predicted octanol–water partition coefficient (Wildman–Crippen LogP) is 1.24. The smallest absolute Gasteiger partial charge is 0.0948 e. The average molecular weight is 210 g/mol. The lowest BCUT2D eigenvalue weighted by Crippen LogP contribution is -2.15. The maximum atomic E-state index is 5.84. The maximum absolute atomic E-state index is 5.84. The predicted molar refractivity (Wildman–Crippen MR) is 62.6 cm³/mol. The van der Waals surface area contributed by atoms with Crippen LogP contribution in [0.4, 0.5) is 0 Å². The number of aromatic nitrogens is 2. The largest absolute Gasteiger partial charge is 0.333 e. The Morgan fingerprint density at radius 1 is 1.47 bits per heavy atom. The van der Waals surface area contributed by atoms with Crippen molar-refractivity contribution < 1.29 is 0 Å². The molecule has 0 aliphatic heterocycles. The van der Waals surface area contributed by atoms with Crippen LogP contribution in [0.15, 0.2) is 12.5 Å². The van der Waals surface area contributed by atoms with Crippen LogP contribution in [0.3, 0.4) is 0 Å². The lowest BCUT2D eigenvalue weighted by Gasteiger charge is -2.12. The third-order valence-electron chi connectivity index (χ3n) is 2.47. The van der Waals surface area contributed by atoms with Gasteiger partial charge in [-0.25, -0.2) is 4.98 Å². The molecule has 0 saturated carbocycles. The first-order valence-corrected chi connectivity index (χ1v) is 5.51. The van der Waals surface area contributed by atoms with Crippen LogP contribution < -0.4 is 5.73 Å². The monoisotopic (exact) mass is 210 g/mol. The Morgan fingerprint density at radius 3 is 2.80 bits per heavy atom. The van der Waals surface area contributed by atoms with E-state index in [2.05, 4.69) is 28.5 Å². The standard InChI is InChI=1S/C11H22N4/c1-10(12)11-8-13-9-15(11)7-5-4-6-14(2)3/h8-10H,4-7,12H2,1-3H3/t10-/m1/s1. The van der Waals surface area contributed by atoms with Gasteiger partial charge in [0.2, 0.25) is 0 Å². The summed E-state index contributed by atoms with van der Waals surface area (Å²) < 4.78 is 2.15. The first-order valence-electron chi connectivity index (χ1n) is 5.51. The lowest BCUT2D eigenvalue weighted by molar-refractivity contribution is 0.386. The van der Waals surface area contributed by atoms with E-state index < -0.39 is 0 Å². The van der Waals surface area contributed by atoms with Crippen LogP contribution in [0.1, 0.15) is 31.5 Å². The minimum Gasteiger partial charge on any atom is -0.333 e. The molecular formula is C11H22N4. The second-order valence-corrected chi connectivity index (χ2v) is 4.31. The van der Waals surface area contributed by atoms with Crippen LogP contribution in [-0.4, -0.2) is 35.1 Å². The van der Waals surface area contributed by atoms with Gasteiger partial charge in [-0.3, -0.25) is 0 Å². The number of unbranched alkanes of at least 4 members (excludes halogenated alkanes) is 1. The first kappa shape index (κ1) is 12.2. The Kier molecular flexibility index (Phi) is 4.78. The van der Waals surface area contributed by atoms with E-state index in [0.717, 1.165) is 18.8 Å². The summed E-state index contributed by atoms with van der Waals surface area (Å²) in [6, 6.07) is 0.0707. The van der Waals surface area contributed by atoms with Gasteiger partial charge in [0.15, 0.2) is 0 Å². The highest BCUT2D eigenvalue weighted by Crippen LogP contribution is 2.09. The molecule has 0 bridgehead atoms. The summed E-state index contributed by atoms with van der Waals surface area (Å²) in [7, 11) is 4.20. The normalized spacial score (nSPS) is 13.4. The fourth-order valence-electron chi connectivity index (χ4n) is 1.61. The van der Waals surface area contributed by atoms with Crippen molar-refractivity contribution in [3.8, 4) is 0 Å². The molecule has 15 heavy (non-hydrogen) atoms. The average Bonchev–Trinajstić information content (AvgIpc) is 2.60. The van der Waals surface area contributed by atoms with Crippen LogP contribution in [0.5, 0.6) is 0 Å². The molecule has 2 N–H and O–H groups in total. The van der Waals surface area contributed by atoms with Crippen molar-refractivity contribution in [3.05, 3.63) is 18.2 Å². The Bertz CT molecular complexity index is 278. The topological polar surface area (TPSA) is 47.1 Å². The van der Waals surface area contributed by atoms with E-state index in [0.29, 0.717) is 0 Å². The highest BCUT2D eigenvalue weighted by atomic mass is 15.1. The molecule has 1 heterocycles. The van der Waals surface area contributed by atoms with E-state index in [1.54, 1.807) is 0 Å². The molecule has 1 rings (SSSR count). The minimum atomic E-state index is 0.0707. The van der Waals surface area contributed by atoms with Crippen molar-refractivity contribution >= 4 is 0 Å². The SMILES string of the molecule is C[C@@H](N)c1cncn1CCCCN(C)C. The van der Waals surface area contributed by atoms with Crippen molar-refractivity contribution in [3.63, 3.8) is 0 Å². The molecule has 0 saturated heterocycles. The summed E-state index contributed by atoms with van der Waals surface area (Å²) in [5.74, 6) is 0. The molecule has 0 unspecified atom stereocenters. The molecule has 0 spiro atoms. The van der Waals surface area contributed by atoms with E-state index >= 15 is 0 Å². The summed E-state index contributed by atoms with van der Waals surface area (Å²) >= 11 is 0. The number of nitrogens with zero attached hydrogens (tertiary/aromatic N) is 3. The quantitative estimate of drug-likeness (QED) is 0.719. The van der Waals surface area contributed by atoms with Gasteiger partial charge in [-0.05, 0) is 40.4 Å². The zero-order valence-electron chi connectivity index (χ0n) is 9.98. The van der Waals surface area contributed by atoms with Crippen LogP contribution in [0, 0.1) is 0 Å². The van der Waals surface area contributed by atoms with E-state index in [-0.39, 0.29) is 6.04 Å². The molecule has 4 heteroatoms. The number of hydrogen-bond acceptors (Lipinski definition) is 3. The molecule has 0 aliphatic rings. The van der Waals surface area contributed by atoms with E-state index in [4.69, 9.17) is 5.73 Å². The van der Waals surface area contributed by atoms with Gasteiger partial charge >= 0.3 is 0 Å². The summed E-state index contributed by atoms with van der Waals surface area (Å²) in [4.78, 5) is 6.34. The van der Waals surface area contributed by atoms with Gasteiger partial charge in [0.05, 0.1) is 12.0 Å². The molecular weight excluding hydrogens is 188 g/mol. The molecule has 0 aliphatic carbocycles. The fraction of sp³-hybridized carbons (Fsp3) is 0.727. The van der Waals surface area contributed by atoms with Gasteiger partial charge in [0, 0.05) is 18.8 Å². The van der Waals surface area contributed by atoms with Crippen LogP contribution >= 0.6 is 0 Å². The van der Waals surface area contributed by atoms with E-state index in [1.807, 2.05) is 19.4 Å². The summed E-state index contributed by atoms with van der Waals surface area (Å²) in [6.45, 7) is 4.15. The van der Waals surface area contributed by atoms with E-state index in [9.17, 15) is 0 Å². The molecule has 0 aromatic carbocycles. The zero-order valence-corrected chi connectivity index (χ0v) is 9.98. The second kappa shape index (κ2) is 5.88. The minimum absolute atomic E-state index is 0.0707. The van der Waals surface area contributed by atoms with E-state index in [1.165, 1.54) is 12.8 Å². The molecule has 0 fully saturated rings. The maximum Gasteiger partial charge on any atom is 0.0948 e. The van der Waals surface area contributed by atoms with Crippen molar-refractivity contribution in [2.75, 3.05) is 20.6 Å². The first-order chi connectivity index (χ1) is 7.11. The molecule has 1 aromatic heterocycles. The van der Waals surface area contributed by atoms with Gasteiger partial charge in [0.25, 0.3) is 0 Å². The number of nitrogens with two attached hydrogens (primary N) is 1. The van der Waals surface area contributed by atoms with Crippen LogP contribution in [0.2, 0.25) is 0 Å². The zero-order chi connectivity index (χ0) is 11.3. The van der Waals surface area contributed by atoms with Crippen molar-refractivity contribution in [2.24, 2.45) is 5.73 Å². The van der Waals surface area contributed by atoms with Gasteiger partial charge in [-0.2, -0.15) is 0 Å². The third-order valence-corrected chi connectivity index (χ3v) is 2.47. The highest BCUT2D eigenvalue weighted by Gasteiger charge is 2.05. The summed E-state index contributed by atoms with van der Waals surface area (Å²) in [5.41, 5.74) is 6.97. The highest BCUT2D eigenvalue weighted by molar-refractivity contribution is 5.02. The second-order valence-electron chi connectivity index (χ2n) is 4.31. The third kappa shape index (κ3) is 4.01. The Balaban J connectivity index is 2.34. The Morgan fingerprint density at radius 2 is 2.20 bits per heavy atom. The summed E-state index contributed by atoms with van der Waals surface area (Å²) in [6.07, 6.45) is 6.11. The van der Waals surface area contributed by atoms with Crippen LogP contribution in [0.25, 0.3) is 0 Å². The fourth-order valence-corrected chi connectivity index (χ4v) is 1.61. The van der Waals surface area contributed by atoms with Crippen molar-refractivity contribution in [1.82, 2.24) is 14.5 Å². The molecule has 1 atom stereocenters.